The number of rotatable bonds is 4. The molecular formula is C23H19N5OS. The van der Waals surface area contributed by atoms with E-state index in [-0.39, 0.29) is 5.91 Å². The molecule has 7 heteroatoms. The first-order chi connectivity index (χ1) is 14.7. The lowest BCUT2D eigenvalue weighted by Gasteiger charge is -2.14. The zero-order valence-corrected chi connectivity index (χ0v) is 17.1. The first-order valence-corrected chi connectivity index (χ1v) is 10.6. The maximum atomic E-state index is 12.8. The number of amides is 1. The van der Waals surface area contributed by atoms with Crippen LogP contribution in [0.4, 0.5) is 0 Å². The van der Waals surface area contributed by atoms with Gasteiger partial charge in [0.25, 0.3) is 0 Å². The number of fused-ring (bicyclic) bond motifs is 3. The van der Waals surface area contributed by atoms with Gasteiger partial charge in [-0.25, -0.2) is 0 Å². The Morgan fingerprint density at radius 3 is 2.63 bits per heavy atom. The molecular weight excluding hydrogens is 394 g/mol. The molecule has 0 radical (unpaired) electrons. The molecule has 5 rings (SSSR count). The van der Waals surface area contributed by atoms with Crippen molar-refractivity contribution >= 4 is 23.0 Å². The second-order valence-electron chi connectivity index (χ2n) is 7.03. The molecule has 30 heavy (non-hydrogen) atoms. The van der Waals surface area contributed by atoms with Crippen molar-refractivity contribution in [1.29, 1.82) is 0 Å². The summed E-state index contributed by atoms with van der Waals surface area (Å²) in [6.45, 7) is 1.91. The number of aliphatic imine (C=N–C) groups is 1. The van der Waals surface area contributed by atoms with Gasteiger partial charge in [-0.15, -0.1) is 21.5 Å². The summed E-state index contributed by atoms with van der Waals surface area (Å²) in [6.07, 6.45) is -0.328. The molecule has 6 nitrogen and oxygen atoms in total. The fraction of sp³-hybridized carbons (Fsp3) is 0.130. The SMILES string of the molecule is Cc1nnc2n1-c1ccccc1C(c1ccccc1)=NC2NC(=O)Cc1cccs1. The lowest BCUT2D eigenvalue weighted by Crippen LogP contribution is -2.30. The standard InChI is InChI=1S/C23H19N5OS/c1-15-26-27-23-22(24-20(29)14-17-10-7-13-30-17)25-21(16-8-3-2-4-9-16)18-11-5-6-12-19(18)28(15)23/h2-13,22H,14H2,1H3,(H,24,29). The molecule has 4 aromatic rings. The van der Waals surface area contributed by atoms with Crippen molar-refractivity contribution in [3.63, 3.8) is 0 Å². The number of carbonyl (C=O) groups excluding carboxylic acids is 1. The normalized spacial score (nSPS) is 15.0. The topological polar surface area (TPSA) is 72.2 Å². The van der Waals surface area contributed by atoms with E-state index in [2.05, 4.69) is 15.5 Å². The van der Waals surface area contributed by atoms with Crippen LogP contribution in [0.1, 0.15) is 33.8 Å². The van der Waals surface area contributed by atoms with Gasteiger partial charge in [-0.3, -0.25) is 14.4 Å². The molecule has 2 aromatic heterocycles. The summed E-state index contributed by atoms with van der Waals surface area (Å²) in [5, 5.41) is 13.7. The summed E-state index contributed by atoms with van der Waals surface area (Å²) in [5.41, 5.74) is 3.73. The summed E-state index contributed by atoms with van der Waals surface area (Å²) in [6, 6.07) is 22.0. The van der Waals surface area contributed by atoms with Gasteiger partial charge in [0, 0.05) is 16.0 Å². The number of aryl methyl sites for hydroxylation is 1. The molecule has 1 N–H and O–H groups in total. The maximum Gasteiger partial charge on any atom is 0.227 e. The van der Waals surface area contributed by atoms with Crippen molar-refractivity contribution < 1.29 is 4.79 Å². The number of hydrogen-bond donors (Lipinski definition) is 1. The Labute approximate surface area is 177 Å². The van der Waals surface area contributed by atoms with Crippen molar-refractivity contribution in [1.82, 2.24) is 20.1 Å². The Hall–Kier alpha value is -3.58. The molecule has 1 amide bonds. The van der Waals surface area contributed by atoms with E-state index in [1.807, 2.05) is 83.6 Å². The van der Waals surface area contributed by atoms with E-state index < -0.39 is 6.17 Å². The number of hydrogen-bond acceptors (Lipinski definition) is 5. The van der Waals surface area contributed by atoms with Crippen molar-refractivity contribution in [3.05, 3.63) is 99.8 Å². The number of nitrogens with zero attached hydrogens (tertiary/aromatic N) is 4. The highest BCUT2D eigenvalue weighted by Gasteiger charge is 2.28. The third kappa shape index (κ3) is 3.33. The molecule has 0 saturated carbocycles. The van der Waals surface area contributed by atoms with Gasteiger partial charge in [0.2, 0.25) is 5.91 Å². The largest absolute Gasteiger partial charge is 0.328 e. The van der Waals surface area contributed by atoms with E-state index in [1.165, 1.54) is 0 Å². The summed E-state index contributed by atoms with van der Waals surface area (Å²) < 4.78 is 1.98. The summed E-state index contributed by atoms with van der Waals surface area (Å²) in [4.78, 5) is 18.8. The van der Waals surface area contributed by atoms with E-state index in [9.17, 15) is 4.79 Å². The highest BCUT2D eigenvalue weighted by atomic mass is 32.1. The van der Waals surface area contributed by atoms with E-state index in [4.69, 9.17) is 4.99 Å². The molecule has 1 aliphatic rings. The lowest BCUT2D eigenvalue weighted by atomic mass is 10.0. The van der Waals surface area contributed by atoms with Crippen molar-refractivity contribution in [2.45, 2.75) is 19.5 Å². The molecule has 2 aromatic carbocycles. The molecule has 0 spiro atoms. The fourth-order valence-corrected chi connectivity index (χ4v) is 4.38. The van der Waals surface area contributed by atoms with Gasteiger partial charge in [-0.05, 0) is 24.4 Å². The average molecular weight is 414 g/mol. The molecule has 1 atom stereocenters. The number of carbonyl (C=O) groups is 1. The second kappa shape index (κ2) is 7.68. The molecule has 3 heterocycles. The van der Waals surface area contributed by atoms with Crippen LogP contribution >= 0.6 is 11.3 Å². The third-order valence-electron chi connectivity index (χ3n) is 5.01. The van der Waals surface area contributed by atoms with Crippen LogP contribution in [-0.2, 0) is 11.2 Å². The Bertz CT molecular complexity index is 1230. The van der Waals surface area contributed by atoms with Crippen molar-refractivity contribution in [2.75, 3.05) is 0 Å². The molecule has 1 unspecified atom stereocenters. The summed E-state index contributed by atoms with van der Waals surface area (Å²) in [5.74, 6) is 1.25. The molecule has 148 valence electrons. The van der Waals surface area contributed by atoms with Crippen LogP contribution in [0.5, 0.6) is 0 Å². The number of thiophene rings is 1. The number of para-hydroxylation sites is 1. The Morgan fingerprint density at radius 1 is 1.03 bits per heavy atom. The molecule has 1 aliphatic heterocycles. The Kier molecular flexibility index (Phi) is 4.72. The second-order valence-corrected chi connectivity index (χ2v) is 8.06. The van der Waals surface area contributed by atoms with Gasteiger partial charge in [0.1, 0.15) is 5.82 Å². The zero-order chi connectivity index (χ0) is 20.5. The van der Waals surface area contributed by atoms with E-state index >= 15 is 0 Å². The minimum absolute atomic E-state index is 0.100. The van der Waals surface area contributed by atoms with Crippen LogP contribution in [0.25, 0.3) is 5.69 Å². The van der Waals surface area contributed by atoms with Gasteiger partial charge in [-0.2, -0.15) is 0 Å². The van der Waals surface area contributed by atoms with Crippen LogP contribution in [-0.4, -0.2) is 26.4 Å². The van der Waals surface area contributed by atoms with Gasteiger partial charge in [0.05, 0.1) is 17.8 Å². The number of aromatic nitrogens is 3. The van der Waals surface area contributed by atoms with Gasteiger partial charge in [0.15, 0.2) is 12.0 Å². The molecule has 0 saturated heterocycles. The molecule has 0 aliphatic carbocycles. The van der Waals surface area contributed by atoms with E-state index in [0.29, 0.717) is 12.2 Å². The van der Waals surface area contributed by atoms with Gasteiger partial charge in [-0.1, -0.05) is 54.6 Å². The van der Waals surface area contributed by atoms with Crippen LogP contribution < -0.4 is 5.32 Å². The predicted molar refractivity (Wildman–Crippen MR) is 117 cm³/mol. The molecule has 0 bridgehead atoms. The first-order valence-electron chi connectivity index (χ1n) is 9.67. The molecule has 0 fully saturated rings. The van der Waals surface area contributed by atoms with Gasteiger partial charge >= 0.3 is 0 Å². The van der Waals surface area contributed by atoms with Crippen LogP contribution in [0.3, 0.4) is 0 Å². The minimum Gasteiger partial charge on any atom is -0.328 e. The van der Waals surface area contributed by atoms with E-state index in [1.54, 1.807) is 11.3 Å². The zero-order valence-electron chi connectivity index (χ0n) is 16.3. The summed E-state index contributed by atoms with van der Waals surface area (Å²) in [7, 11) is 0. The summed E-state index contributed by atoms with van der Waals surface area (Å²) >= 11 is 1.56. The first kappa shape index (κ1) is 18.4. The quantitative estimate of drug-likeness (QED) is 0.552. The number of benzene rings is 2. The minimum atomic E-state index is -0.638. The smallest absolute Gasteiger partial charge is 0.227 e. The van der Waals surface area contributed by atoms with E-state index in [0.717, 1.165) is 33.2 Å². The van der Waals surface area contributed by atoms with Crippen LogP contribution in [0.2, 0.25) is 0 Å². The third-order valence-corrected chi connectivity index (χ3v) is 5.89. The monoisotopic (exact) mass is 413 g/mol. The van der Waals surface area contributed by atoms with Crippen molar-refractivity contribution in [3.8, 4) is 5.69 Å². The Balaban J connectivity index is 1.63. The van der Waals surface area contributed by atoms with Crippen LogP contribution in [0.15, 0.2) is 77.1 Å². The van der Waals surface area contributed by atoms with Crippen molar-refractivity contribution in [2.24, 2.45) is 4.99 Å². The number of nitrogens with one attached hydrogen (secondary N) is 1. The lowest BCUT2D eigenvalue weighted by molar-refractivity contribution is -0.121. The van der Waals surface area contributed by atoms with Gasteiger partial charge < -0.3 is 5.32 Å². The average Bonchev–Trinajstić information content (AvgIpc) is 3.38. The highest BCUT2D eigenvalue weighted by molar-refractivity contribution is 7.10. The predicted octanol–water partition coefficient (Wildman–Crippen LogP) is 3.85. The fourth-order valence-electron chi connectivity index (χ4n) is 3.68. The highest BCUT2D eigenvalue weighted by Crippen LogP contribution is 2.29. The maximum absolute atomic E-state index is 12.8. The van der Waals surface area contributed by atoms with Crippen LogP contribution in [0, 0.1) is 6.92 Å². The Morgan fingerprint density at radius 2 is 1.83 bits per heavy atom.